The average molecular weight is 309 g/mol. The molecule has 104 valence electrons. The predicted octanol–water partition coefficient (Wildman–Crippen LogP) is 4.64. The lowest BCUT2D eigenvalue weighted by atomic mass is 10.2. The lowest BCUT2D eigenvalue weighted by molar-refractivity contribution is 0.620. The minimum absolute atomic E-state index is 0.226. The Hall–Kier alpha value is -1.39. The van der Waals surface area contributed by atoms with E-state index >= 15 is 0 Å². The van der Waals surface area contributed by atoms with Gasteiger partial charge in [-0.3, -0.25) is 0 Å². The Bertz CT molecular complexity index is 776. The van der Waals surface area contributed by atoms with Gasteiger partial charge in [0.15, 0.2) is 0 Å². The molecule has 3 aromatic rings. The van der Waals surface area contributed by atoms with E-state index in [0.29, 0.717) is 17.0 Å². The number of aromatic nitrogens is 2. The number of alkyl halides is 1. The number of nitrogens with zero attached hydrogens (tertiary/aromatic N) is 2. The number of halogens is 2. The maximum absolute atomic E-state index is 13.7. The molecule has 0 fully saturated rings. The molecule has 0 aliphatic heterocycles. The zero-order chi connectivity index (χ0) is 14.3. The van der Waals surface area contributed by atoms with E-state index in [1.54, 1.807) is 18.3 Å². The Morgan fingerprint density at radius 2 is 2.10 bits per heavy atom. The minimum Gasteiger partial charge on any atom is -0.322 e. The van der Waals surface area contributed by atoms with Gasteiger partial charge in [-0.2, -0.15) is 0 Å². The Kier molecular flexibility index (Phi) is 3.52. The average Bonchev–Trinajstić information content (AvgIpc) is 2.96. The first-order valence-electron chi connectivity index (χ1n) is 6.34. The molecule has 2 heterocycles. The molecule has 20 heavy (non-hydrogen) atoms. The fourth-order valence-corrected chi connectivity index (χ4v) is 3.39. The summed E-state index contributed by atoms with van der Waals surface area (Å²) in [5.74, 6) is 0.870. The summed E-state index contributed by atoms with van der Waals surface area (Å²) in [6.07, 6.45) is 0. The summed E-state index contributed by atoms with van der Waals surface area (Å²) in [7, 11) is 0. The van der Waals surface area contributed by atoms with Gasteiger partial charge in [0.05, 0.1) is 23.5 Å². The van der Waals surface area contributed by atoms with Crippen molar-refractivity contribution >= 4 is 34.0 Å². The molecule has 0 unspecified atom stereocenters. The molecular weight excluding hydrogens is 295 g/mol. The van der Waals surface area contributed by atoms with E-state index in [1.807, 2.05) is 6.07 Å². The van der Waals surface area contributed by atoms with E-state index < -0.39 is 0 Å². The smallest absolute Gasteiger partial charge is 0.128 e. The number of rotatable bonds is 3. The summed E-state index contributed by atoms with van der Waals surface area (Å²) in [4.78, 5) is 5.71. The van der Waals surface area contributed by atoms with Gasteiger partial charge >= 0.3 is 0 Å². The quantitative estimate of drug-likeness (QED) is 0.644. The second-order valence-corrected chi connectivity index (χ2v) is 6.13. The summed E-state index contributed by atoms with van der Waals surface area (Å²) in [6.45, 7) is 4.59. The summed E-state index contributed by atoms with van der Waals surface area (Å²) < 4.78 is 15.7. The van der Waals surface area contributed by atoms with Crippen LogP contribution < -0.4 is 0 Å². The van der Waals surface area contributed by atoms with Gasteiger partial charge < -0.3 is 4.57 Å². The van der Waals surface area contributed by atoms with Gasteiger partial charge in [0.25, 0.3) is 0 Å². The van der Waals surface area contributed by atoms with Gasteiger partial charge in [-0.15, -0.1) is 22.9 Å². The minimum atomic E-state index is -0.226. The number of fused-ring (bicyclic) bond motifs is 1. The molecule has 1 aromatic carbocycles. The Morgan fingerprint density at radius 3 is 2.75 bits per heavy atom. The van der Waals surface area contributed by atoms with Crippen molar-refractivity contribution in [1.82, 2.24) is 9.55 Å². The van der Waals surface area contributed by atoms with Crippen LogP contribution in [-0.4, -0.2) is 9.55 Å². The molecule has 0 N–H and O–H groups in total. The van der Waals surface area contributed by atoms with Gasteiger partial charge in [-0.25, -0.2) is 9.37 Å². The number of hydrogen-bond acceptors (Lipinski definition) is 2. The van der Waals surface area contributed by atoms with Crippen LogP contribution in [0.5, 0.6) is 0 Å². The number of imidazole rings is 1. The molecule has 0 bridgehead atoms. The van der Waals surface area contributed by atoms with Crippen LogP contribution in [0.4, 0.5) is 4.39 Å². The summed E-state index contributed by atoms with van der Waals surface area (Å²) in [5.41, 5.74) is 3.49. The van der Waals surface area contributed by atoms with Crippen molar-refractivity contribution < 1.29 is 4.39 Å². The zero-order valence-corrected chi connectivity index (χ0v) is 12.9. The molecule has 0 amide bonds. The highest BCUT2D eigenvalue weighted by molar-refractivity contribution is 7.10. The van der Waals surface area contributed by atoms with Crippen molar-refractivity contribution in [3.05, 3.63) is 51.2 Å². The summed E-state index contributed by atoms with van der Waals surface area (Å²) in [5, 5.41) is 2.08. The van der Waals surface area contributed by atoms with Crippen LogP contribution in [0.3, 0.4) is 0 Å². The van der Waals surface area contributed by atoms with Crippen molar-refractivity contribution in [2.24, 2.45) is 0 Å². The molecule has 5 heteroatoms. The first-order valence-corrected chi connectivity index (χ1v) is 7.75. The second kappa shape index (κ2) is 5.19. The largest absolute Gasteiger partial charge is 0.322 e. The Morgan fingerprint density at radius 1 is 1.30 bits per heavy atom. The molecule has 3 rings (SSSR count). The molecule has 0 spiro atoms. The third-order valence-corrected chi connectivity index (χ3v) is 4.74. The molecule has 2 aromatic heterocycles. The molecule has 0 aliphatic rings. The fraction of sp³-hybridized carbons (Fsp3) is 0.267. The Balaban J connectivity index is 2.17. The maximum Gasteiger partial charge on any atom is 0.128 e. The van der Waals surface area contributed by atoms with E-state index in [-0.39, 0.29) is 5.82 Å². The lowest BCUT2D eigenvalue weighted by Gasteiger charge is -2.08. The maximum atomic E-state index is 13.7. The normalized spacial score (nSPS) is 11.4. The highest BCUT2D eigenvalue weighted by Gasteiger charge is 2.14. The van der Waals surface area contributed by atoms with Crippen molar-refractivity contribution in [2.45, 2.75) is 26.3 Å². The van der Waals surface area contributed by atoms with Crippen LogP contribution in [0, 0.1) is 19.7 Å². The van der Waals surface area contributed by atoms with Crippen molar-refractivity contribution in [3.63, 3.8) is 0 Å². The van der Waals surface area contributed by atoms with Gasteiger partial charge in [-0.05, 0) is 42.5 Å². The molecule has 0 saturated carbocycles. The van der Waals surface area contributed by atoms with Gasteiger partial charge in [0.2, 0.25) is 0 Å². The number of thiophene rings is 1. The highest BCUT2D eigenvalue weighted by atomic mass is 35.5. The van der Waals surface area contributed by atoms with E-state index in [4.69, 9.17) is 11.6 Å². The molecular formula is C15H14ClFN2S. The van der Waals surface area contributed by atoms with Crippen molar-refractivity contribution in [2.75, 3.05) is 0 Å². The van der Waals surface area contributed by atoms with Crippen molar-refractivity contribution in [3.8, 4) is 0 Å². The standard InChI is InChI=1S/C15H14ClFN2S/c1-9-3-4-20-14(9)8-19-13-5-10(2)11(17)6-12(13)18-15(19)7-16/h3-6H,7-8H2,1-2H3. The van der Waals surface area contributed by atoms with Crippen LogP contribution in [0.25, 0.3) is 11.0 Å². The number of aryl methyl sites for hydroxylation is 2. The molecule has 0 radical (unpaired) electrons. The molecule has 0 aliphatic carbocycles. The topological polar surface area (TPSA) is 17.8 Å². The third kappa shape index (κ3) is 2.23. The van der Waals surface area contributed by atoms with E-state index in [9.17, 15) is 4.39 Å². The van der Waals surface area contributed by atoms with Crippen molar-refractivity contribution in [1.29, 1.82) is 0 Å². The van der Waals surface area contributed by atoms with Crippen LogP contribution in [0.2, 0.25) is 0 Å². The van der Waals surface area contributed by atoms with Crippen LogP contribution in [-0.2, 0) is 12.4 Å². The highest BCUT2D eigenvalue weighted by Crippen LogP contribution is 2.25. The van der Waals surface area contributed by atoms with E-state index in [1.165, 1.54) is 16.5 Å². The first-order chi connectivity index (χ1) is 9.60. The van der Waals surface area contributed by atoms with E-state index in [2.05, 4.69) is 27.9 Å². The van der Waals surface area contributed by atoms with Gasteiger partial charge in [0, 0.05) is 10.9 Å². The first kappa shape index (κ1) is 13.6. The number of hydrogen-bond donors (Lipinski definition) is 0. The van der Waals surface area contributed by atoms with Gasteiger partial charge in [-0.1, -0.05) is 0 Å². The van der Waals surface area contributed by atoms with Crippen LogP contribution in [0.15, 0.2) is 23.6 Å². The second-order valence-electron chi connectivity index (χ2n) is 4.86. The molecule has 2 nitrogen and oxygen atoms in total. The Labute approximate surface area is 125 Å². The molecule has 0 atom stereocenters. The van der Waals surface area contributed by atoms with Gasteiger partial charge in [0.1, 0.15) is 11.6 Å². The van der Waals surface area contributed by atoms with Crippen LogP contribution in [0.1, 0.15) is 21.8 Å². The lowest BCUT2D eigenvalue weighted by Crippen LogP contribution is -2.03. The zero-order valence-electron chi connectivity index (χ0n) is 11.3. The summed E-state index contributed by atoms with van der Waals surface area (Å²) in [6, 6.07) is 5.43. The predicted molar refractivity (Wildman–Crippen MR) is 82.1 cm³/mol. The summed E-state index contributed by atoms with van der Waals surface area (Å²) >= 11 is 7.71. The number of benzene rings is 1. The monoisotopic (exact) mass is 308 g/mol. The third-order valence-electron chi connectivity index (χ3n) is 3.50. The fourth-order valence-electron chi connectivity index (χ4n) is 2.29. The molecule has 0 saturated heterocycles. The van der Waals surface area contributed by atoms with E-state index in [0.717, 1.165) is 17.9 Å². The SMILES string of the molecule is Cc1cc2c(cc1F)nc(CCl)n2Cc1sccc1C. The van der Waals surface area contributed by atoms with Crippen LogP contribution >= 0.6 is 22.9 Å².